The zero-order valence-corrected chi connectivity index (χ0v) is 12.7. The number of allylic oxidation sites excluding steroid dienone is 4. The van der Waals surface area contributed by atoms with E-state index in [9.17, 15) is 9.59 Å². The lowest BCUT2D eigenvalue weighted by Crippen LogP contribution is -2.33. The van der Waals surface area contributed by atoms with E-state index in [2.05, 4.69) is 12.2 Å². The first kappa shape index (κ1) is 14.4. The highest BCUT2D eigenvalue weighted by Crippen LogP contribution is 2.68. The van der Waals surface area contributed by atoms with Crippen molar-refractivity contribution in [1.29, 1.82) is 0 Å². The summed E-state index contributed by atoms with van der Waals surface area (Å²) in [4.78, 5) is 24.9. The summed E-state index contributed by atoms with van der Waals surface area (Å²) in [6, 6.07) is 0. The third-order valence-electron chi connectivity index (χ3n) is 5.10. The van der Waals surface area contributed by atoms with Gasteiger partial charge in [-0.3, -0.25) is 9.59 Å². The van der Waals surface area contributed by atoms with Gasteiger partial charge in [-0.05, 0) is 51.4 Å². The Morgan fingerprint density at radius 2 is 1.43 bits per heavy atom. The molecule has 114 valence electrons. The van der Waals surface area contributed by atoms with Crippen LogP contribution in [-0.2, 0) is 19.1 Å². The fourth-order valence-electron chi connectivity index (χ4n) is 4.06. The van der Waals surface area contributed by atoms with Crippen LogP contribution in [0.3, 0.4) is 0 Å². The van der Waals surface area contributed by atoms with Gasteiger partial charge < -0.3 is 9.47 Å². The molecule has 0 amide bonds. The molecule has 0 unspecified atom stereocenters. The Bertz CT molecular complexity index is 483. The summed E-state index contributed by atoms with van der Waals surface area (Å²) in [6.45, 7) is 4.15. The van der Waals surface area contributed by atoms with Crippen LogP contribution < -0.4 is 0 Å². The number of hydrogen-bond acceptors (Lipinski definition) is 4. The van der Waals surface area contributed by atoms with E-state index in [1.165, 1.54) is 11.1 Å². The number of esters is 2. The minimum absolute atomic E-state index is 0.0702. The summed E-state index contributed by atoms with van der Waals surface area (Å²) in [5.74, 6) is -0.626. The van der Waals surface area contributed by atoms with Gasteiger partial charge in [-0.2, -0.15) is 0 Å². The van der Waals surface area contributed by atoms with E-state index in [1.807, 2.05) is 0 Å². The van der Waals surface area contributed by atoms with Crippen LogP contribution in [0.4, 0.5) is 0 Å². The molecule has 0 N–H and O–H groups in total. The van der Waals surface area contributed by atoms with Crippen molar-refractivity contribution in [3.8, 4) is 0 Å². The van der Waals surface area contributed by atoms with Gasteiger partial charge in [0.15, 0.2) is 5.41 Å². The van der Waals surface area contributed by atoms with E-state index < -0.39 is 5.41 Å². The van der Waals surface area contributed by atoms with E-state index in [0.717, 1.165) is 25.7 Å². The van der Waals surface area contributed by atoms with Crippen LogP contribution in [0.2, 0.25) is 0 Å². The molecule has 1 saturated carbocycles. The first-order chi connectivity index (χ1) is 10.2. The Morgan fingerprint density at radius 1 is 1.00 bits per heavy atom. The number of hydrogen-bond donors (Lipinski definition) is 0. The molecule has 21 heavy (non-hydrogen) atoms. The number of carbonyl (C=O) groups is 2. The number of fused-ring (bicyclic) bond motifs is 1. The van der Waals surface area contributed by atoms with Crippen LogP contribution in [0.25, 0.3) is 0 Å². The topological polar surface area (TPSA) is 52.6 Å². The van der Waals surface area contributed by atoms with Crippen molar-refractivity contribution in [3.05, 3.63) is 23.3 Å². The van der Waals surface area contributed by atoms with Gasteiger partial charge in [0.25, 0.3) is 0 Å². The Kier molecular flexibility index (Phi) is 3.64. The maximum absolute atomic E-state index is 12.5. The van der Waals surface area contributed by atoms with Crippen LogP contribution in [0.5, 0.6) is 0 Å². The van der Waals surface area contributed by atoms with Crippen LogP contribution in [-0.4, -0.2) is 25.2 Å². The minimum atomic E-state index is -1.04. The fourth-order valence-corrected chi connectivity index (χ4v) is 4.06. The molecule has 0 aliphatic heterocycles. The van der Waals surface area contributed by atoms with Crippen LogP contribution in [0, 0.1) is 17.3 Å². The quantitative estimate of drug-likeness (QED) is 0.454. The average Bonchev–Trinajstić information content (AvgIpc) is 3.14. The first-order valence-electron chi connectivity index (χ1n) is 7.85. The largest absolute Gasteiger partial charge is 0.465 e. The van der Waals surface area contributed by atoms with E-state index in [-0.39, 0.29) is 23.8 Å². The molecule has 0 saturated heterocycles. The fraction of sp³-hybridized carbons (Fsp3) is 0.647. The SMILES string of the molecule is CCOC(=O)C1(C(=O)OCC)[C@@H]2CC3=C(CC=CC3)C[C@@H]21. The summed E-state index contributed by atoms with van der Waals surface area (Å²) >= 11 is 0. The van der Waals surface area contributed by atoms with Crippen molar-refractivity contribution < 1.29 is 19.1 Å². The Morgan fingerprint density at radius 3 is 1.81 bits per heavy atom. The molecule has 1 fully saturated rings. The predicted molar refractivity (Wildman–Crippen MR) is 77.3 cm³/mol. The molecule has 0 aromatic carbocycles. The van der Waals surface area contributed by atoms with Crippen molar-refractivity contribution in [1.82, 2.24) is 0 Å². The molecule has 0 radical (unpaired) electrons. The summed E-state index contributed by atoms with van der Waals surface area (Å²) in [5, 5.41) is 0. The average molecular weight is 290 g/mol. The highest BCUT2D eigenvalue weighted by atomic mass is 16.6. The van der Waals surface area contributed by atoms with Crippen molar-refractivity contribution in [3.63, 3.8) is 0 Å². The van der Waals surface area contributed by atoms with Gasteiger partial charge in [0.1, 0.15) is 0 Å². The summed E-state index contributed by atoms with van der Waals surface area (Å²) < 4.78 is 10.4. The monoisotopic (exact) mass is 290 g/mol. The lowest BCUT2D eigenvalue weighted by atomic mass is 9.85. The van der Waals surface area contributed by atoms with Crippen molar-refractivity contribution >= 4 is 11.9 Å². The maximum Gasteiger partial charge on any atom is 0.324 e. The van der Waals surface area contributed by atoms with Gasteiger partial charge in [0.05, 0.1) is 13.2 Å². The molecule has 4 nitrogen and oxygen atoms in total. The predicted octanol–water partition coefficient (Wildman–Crippen LogP) is 2.79. The van der Waals surface area contributed by atoms with Gasteiger partial charge in [0.2, 0.25) is 0 Å². The van der Waals surface area contributed by atoms with Gasteiger partial charge in [0, 0.05) is 0 Å². The molecular weight excluding hydrogens is 268 g/mol. The Labute approximate surface area is 125 Å². The molecule has 4 heteroatoms. The maximum atomic E-state index is 12.5. The number of carbonyl (C=O) groups excluding carboxylic acids is 2. The van der Waals surface area contributed by atoms with Crippen molar-refractivity contribution in [2.24, 2.45) is 17.3 Å². The zero-order chi connectivity index (χ0) is 15.0. The van der Waals surface area contributed by atoms with E-state index in [0.29, 0.717) is 13.2 Å². The lowest BCUT2D eigenvalue weighted by Gasteiger charge is -2.20. The van der Waals surface area contributed by atoms with Crippen molar-refractivity contribution in [2.75, 3.05) is 13.2 Å². The second kappa shape index (κ2) is 5.32. The second-order valence-electron chi connectivity index (χ2n) is 6.02. The highest BCUT2D eigenvalue weighted by molar-refractivity contribution is 6.05. The number of rotatable bonds is 4. The third kappa shape index (κ3) is 2.03. The molecule has 0 heterocycles. The molecule has 3 aliphatic rings. The van der Waals surface area contributed by atoms with Gasteiger partial charge in [-0.25, -0.2) is 0 Å². The summed E-state index contributed by atoms with van der Waals surface area (Å²) in [6.07, 6.45) is 7.94. The third-order valence-corrected chi connectivity index (χ3v) is 5.10. The first-order valence-corrected chi connectivity index (χ1v) is 7.85. The molecule has 3 aliphatic carbocycles. The lowest BCUT2D eigenvalue weighted by molar-refractivity contribution is -0.165. The van der Waals surface area contributed by atoms with E-state index in [1.54, 1.807) is 13.8 Å². The highest BCUT2D eigenvalue weighted by Gasteiger charge is 2.76. The van der Waals surface area contributed by atoms with Gasteiger partial charge in [-0.15, -0.1) is 0 Å². The minimum Gasteiger partial charge on any atom is -0.465 e. The normalized spacial score (nSPS) is 28.5. The standard InChI is InChI=1S/C17H22O4/c1-3-20-15(18)17(16(19)21-4-2)13-9-11-7-5-6-8-12(11)10-14(13)17/h5-6,13-14H,3-4,7-10H2,1-2H3/t13-,14+. The Balaban J connectivity index is 1.85. The zero-order valence-electron chi connectivity index (χ0n) is 12.7. The number of ether oxygens (including phenoxy) is 2. The smallest absolute Gasteiger partial charge is 0.324 e. The molecule has 0 aromatic rings. The molecule has 2 atom stereocenters. The van der Waals surface area contributed by atoms with Crippen LogP contribution in [0.15, 0.2) is 23.3 Å². The molecular formula is C17H22O4. The van der Waals surface area contributed by atoms with Crippen LogP contribution >= 0.6 is 0 Å². The van der Waals surface area contributed by atoms with Crippen LogP contribution in [0.1, 0.15) is 39.5 Å². The van der Waals surface area contributed by atoms with E-state index in [4.69, 9.17) is 9.47 Å². The molecule has 0 spiro atoms. The summed E-state index contributed by atoms with van der Waals surface area (Å²) in [5.41, 5.74) is 1.78. The molecule has 0 bridgehead atoms. The second-order valence-corrected chi connectivity index (χ2v) is 6.02. The van der Waals surface area contributed by atoms with Gasteiger partial charge >= 0.3 is 11.9 Å². The Hall–Kier alpha value is -1.58. The summed E-state index contributed by atoms with van der Waals surface area (Å²) in [7, 11) is 0. The van der Waals surface area contributed by atoms with E-state index >= 15 is 0 Å². The van der Waals surface area contributed by atoms with Gasteiger partial charge in [-0.1, -0.05) is 23.3 Å². The molecule has 3 rings (SSSR count). The molecule has 0 aromatic heterocycles. The van der Waals surface area contributed by atoms with Crippen molar-refractivity contribution in [2.45, 2.75) is 39.5 Å².